The normalized spacial score (nSPS) is 10.4. The highest BCUT2D eigenvalue weighted by Crippen LogP contribution is 2.24. The van der Waals surface area contributed by atoms with Gasteiger partial charge in [-0.05, 0) is 59.7 Å². The topological polar surface area (TPSA) is 32.3 Å². The van der Waals surface area contributed by atoms with Crippen LogP contribution in [-0.4, -0.2) is 5.11 Å². The van der Waals surface area contributed by atoms with E-state index in [9.17, 15) is 5.11 Å². The monoisotopic (exact) mass is 353 g/mol. The van der Waals surface area contributed by atoms with Crippen LogP contribution in [0.1, 0.15) is 16.7 Å². The summed E-state index contributed by atoms with van der Waals surface area (Å²) in [7, 11) is 0. The van der Waals surface area contributed by atoms with Crippen molar-refractivity contribution in [2.24, 2.45) is 0 Å². The highest BCUT2D eigenvalue weighted by atomic mass is 127. The van der Waals surface area contributed by atoms with Crippen LogP contribution in [0.5, 0.6) is 5.75 Å². The van der Waals surface area contributed by atoms with Gasteiger partial charge in [-0.25, -0.2) is 0 Å². The first-order valence-corrected chi connectivity index (χ1v) is 6.93. The lowest BCUT2D eigenvalue weighted by Gasteiger charge is -2.12. The average molecular weight is 353 g/mol. The van der Waals surface area contributed by atoms with Crippen molar-refractivity contribution in [3.8, 4) is 5.75 Å². The molecule has 0 unspecified atom stereocenters. The van der Waals surface area contributed by atoms with E-state index in [1.807, 2.05) is 25.1 Å². The minimum Gasteiger partial charge on any atom is -0.507 e. The van der Waals surface area contributed by atoms with Crippen LogP contribution in [0.25, 0.3) is 0 Å². The maximum atomic E-state index is 9.96. The number of phenolic OH excluding ortho intramolecular Hbond substituents is 1. The van der Waals surface area contributed by atoms with Crippen LogP contribution in [0.15, 0.2) is 36.4 Å². The summed E-state index contributed by atoms with van der Waals surface area (Å²) >= 11 is 2.30. The number of rotatable bonds is 3. The molecule has 2 rings (SSSR count). The van der Waals surface area contributed by atoms with Gasteiger partial charge in [0.25, 0.3) is 0 Å². The quantitative estimate of drug-likeness (QED) is 0.810. The summed E-state index contributed by atoms with van der Waals surface area (Å²) in [5.74, 6) is 0.383. The van der Waals surface area contributed by atoms with Gasteiger partial charge in [0.15, 0.2) is 0 Å². The van der Waals surface area contributed by atoms with Crippen LogP contribution in [0.4, 0.5) is 5.69 Å². The highest BCUT2D eigenvalue weighted by Gasteiger charge is 2.04. The van der Waals surface area contributed by atoms with E-state index in [4.69, 9.17) is 0 Å². The van der Waals surface area contributed by atoms with Crippen LogP contribution in [0.3, 0.4) is 0 Å². The number of benzene rings is 2. The fraction of sp³-hybridized carbons (Fsp3) is 0.200. The SMILES string of the molecule is Cc1ccc(I)cc1NCc1cccc(C)c1O. The molecule has 0 amide bonds. The van der Waals surface area contributed by atoms with Gasteiger partial charge in [0, 0.05) is 21.4 Å². The zero-order valence-electron chi connectivity index (χ0n) is 10.5. The molecule has 0 atom stereocenters. The van der Waals surface area contributed by atoms with E-state index in [0.29, 0.717) is 12.3 Å². The molecule has 0 bridgehead atoms. The van der Waals surface area contributed by atoms with Crippen molar-refractivity contribution in [2.45, 2.75) is 20.4 Å². The Labute approximate surface area is 121 Å². The number of phenols is 1. The van der Waals surface area contributed by atoms with Gasteiger partial charge in [0.2, 0.25) is 0 Å². The molecule has 0 fully saturated rings. The Kier molecular flexibility index (Phi) is 4.11. The van der Waals surface area contributed by atoms with Gasteiger partial charge in [-0.2, -0.15) is 0 Å². The van der Waals surface area contributed by atoms with Gasteiger partial charge in [0.1, 0.15) is 5.75 Å². The Morgan fingerprint density at radius 1 is 1.11 bits per heavy atom. The van der Waals surface area contributed by atoms with Crippen molar-refractivity contribution < 1.29 is 5.11 Å². The van der Waals surface area contributed by atoms with Gasteiger partial charge in [-0.15, -0.1) is 0 Å². The van der Waals surface area contributed by atoms with Crippen molar-refractivity contribution in [1.82, 2.24) is 0 Å². The number of aryl methyl sites for hydroxylation is 2. The van der Waals surface area contributed by atoms with Gasteiger partial charge in [-0.3, -0.25) is 0 Å². The van der Waals surface area contributed by atoms with Gasteiger partial charge >= 0.3 is 0 Å². The fourth-order valence-corrected chi connectivity index (χ4v) is 2.33. The molecule has 2 N–H and O–H groups in total. The Balaban J connectivity index is 2.16. The Bertz CT molecular complexity index is 564. The van der Waals surface area contributed by atoms with Crippen molar-refractivity contribution in [3.63, 3.8) is 0 Å². The number of hydrogen-bond donors (Lipinski definition) is 2. The second-order valence-corrected chi connectivity index (χ2v) is 5.64. The molecule has 0 aliphatic carbocycles. The molecule has 2 aromatic rings. The van der Waals surface area contributed by atoms with E-state index in [2.05, 4.69) is 53.0 Å². The van der Waals surface area contributed by atoms with Crippen LogP contribution in [-0.2, 0) is 6.54 Å². The van der Waals surface area contributed by atoms with E-state index in [1.165, 1.54) is 9.13 Å². The van der Waals surface area contributed by atoms with Gasteiger partial charge in [0.05, 0.1) is 0 Å². The molecule has 0 saturated carbocycles. The van der Waals surface area contributed by atoms with Crippen LogP contribution in [0.2, 0.25) is 0 Å². The molecule has 2 nitrogen and oxygen atoms in total. The number of hydrogen-bond acceptors (Lipinski definition) is 2. The van der Waals surface area contributed by atoms with E-state index >= 15 is 0 Å². The molecule has 0 radical (unpaired) electrons. The number of nitrogens with one attached hydrogen (secondary N) is 1. The second kappa shape index (κ2) is 5.61. The predicted molar refractivity (Wildman–Crippen MR) is 84.1 cm³/mol. The summed E-state index contributed by atoms with van der Waals surface area (Å²) in [6.07, 6.45) is 0. The first-order chi connectivity index (χ1) is 8.58. The summed E-state index contributed by atoms with van der Waals surface area (Å²) < 4.78 is 1.20. The molecule has 0 saturated heterocycles. The Morgan fingerprint density at radius 2 is 1.89 bits per heavy atom. The summed E-state index contributed by atoms with van der Waals surface area (Å²) in [5, 5.41) is 13.3. The first-order valence-electron chi connectivity index (χ1n) is 5.85. The number of halogens is 1. The zero-order valence-corrected chi connectivity index (χ0v) is 12.7. The summed E-state index contributed by atoms with van der Waals surface area (Å²) in [6.45, 7) is 4.62. The molecule has 18 heavy (non-hydrogen) atoms. The summed E-state index contributed by atoms with van der Waals surface area (Å²) in [4.78, 5) is 0. The van der Waals surface area contributed by atoms with E-state index in [0.717, 1.165) is 16.8 Å². The summed E-state index contributed by atoms with van der Waals surface area (Å²) in [6, 6.07) is 12.1. The number of aromatic hydroxyl groups is 1. The number of anilines is 1. The van der Waals surface area contributed by atoms with Crippen LogP contribution < -0.4 is 5.32 Å². The van der Waals surface area contributed by atoms with Crippen molar-refractivity contribution in [1.29, 1.82) is 0 Å². The largest absolute Gasteiger partial charge is 0.507 e. The van der Waals surface area contributed by atoms with Crippen LogP contribution in [0, 0.1) is 17.4 Å². The molecule has 0 spiro atoms. The standard InChI is InChI=1S/C15H16INO/c1-10-6-7-13(16)8-14(10)17-9-12-5-3-4-11(2)15(12)18/h3-8,17-18H,9H2,1-2H3. The maximum absolute atomic E-state index is 9.96. The van der Waals surface area contributed by atoms with E-state index in [-0.39, 0.29) is 0 Å². The third-order valence-corrected chi connectivity index (χ3v) is 3.66. The fourth-order valence-electron chi connectivity index (χ4n) is 1.84. The molecule has 0 aliphatic rings. The molecular weight excluding hydrogens is 337 g/mol. The lowest BCUT2D eigenvalue weighted by Crippen LogP contribution is -2.02. The molecule has 3 heteroatoms. The minimum absolute atomic E-state index is 0.383. The molecule has 94 valence electrons. The zero-order chi connectivity index (χ0) is 13.1. The smallest absolute Gasteiger partial charge is 0.123 e. The van der Waals surface area contributed by atoms with Crippen molar-refractivity contribution in [3.05, 3.63) is 56.7 Å². The molecule has 0 heterocycles. The Hall–Kier alpha value is -1.23. The van der Waals surface area contributed by atoms with Gasteiger partial charge in [-0.1, -0.05) is 24.3 Å². The third-order valence-electron chi connectivity index (χ3n) is 2.99. The summed E-state index contributed by atoms with van der Waals surface area (Å²) in [5.41, 5.74) is 4.16. The van der Waals surface area contributed by atoms with Gasteiger partial charge < -0.3 is 10.4 Å². The van der Waals surface area contributed by atoms with Crippen LogP contribution >= 0.6 is 22.6 Å². The molecule has 2 aromatic carbocycles. The third kappa shape index (κ3) is 2.96. The van der Waals surface area contributed by atoms with Crippen molar-refractivity contribution in [2.75, 3.05) is 5.32 Å². The number of para-hydroxylation sites is 1. The second-order valence-electron chi connectivity index (χ2n) is 4.40. The molecule has 0 aromatic heterocycles. The van der Waals surface area contributed by atoms with E-state index < -0.39 is 0 Å². The predicted octanol–water partition coefficient (Wildman–Crippen LogP) is 4.23. The molecular formula is C15H16INO. The maximum Gasteiger partial charge on any atom is 0.123 e. The molecule has 0 aliphatic heterocycles. The minimum atomic E-state index is 0.383. The lowest BCUT2D eigenvalue weighted by atomic mass is 10.1. The average Bonchev–Trinajstić information content (AvgIpc) is 2.35. The van der Waals surface area contributed by atoms with E-state index in [1.54, 1.807) is 0 Å². The lowest BCUT2D eigenvalue weighted by molar-refractivity contribution is 0.465. The Morgan fingerprint density at radius 3 is 2.67 bits per heavy atom. The van der Waals surface area contributed by atoms with Crippen molar-refractivity contribution >= 4 is 28.3 Å². The highest BCUT2D eigenvalue weighted by molar-refractivity contribution is 14.1. The first kappa shape index (κ1) is 13.2.